The Morgan fingerprint density at radius 1 is 1.22 bits per heavy atom. The lowest BCUT2D eigenvalue weighted by molar-refractivity contribution is -0.123. The fourth-order valence-electron chi connectivity index (χ4n) is 3.08. The number of piperazine rings is 1. The summed E-state index contributed by atoms with van der Waals surface area (Å²) in [6, 6.07) is 5.40. The maximum Gasteiger partial charge on any atom is 0.270 e. The summed E-state index contributed by atoms with van der Waals surface area (Å²) in [5.74, 6) is -0.310. The van der Waals surface area contributed by atoms with E-state index in [1.807, 2.05) is 18.7 Å². The first kappa shape index (κ1) is 19.0. The van der Waals surface area contributed by atoms with Gasteiger partial charge in [0.15, 0.2) is 0 Å². The summed E-state index contributed by atoms with van der Waals surface area (Å²) in [7, 11) is 0. The third kappa shape index (κ3) is 4.33. The Kier molecular flexibility index (Phi) is 5.85. The number of hydrogen-bond donors (Lipinski definition) is 1. The molecule has 2 amide bonds. The van der Waals surface area contributed by atoms with Crippen LogP contribution < -0.4 is 10.9 Å². The molecule has 0 bridgehead atoms. The highest BCUT2D eigenvalue weighted by Gasteiger charge is 2.25. The molecule has 0 aromatic carbocycles. The lowest BCUT2D eigenvalue weighted by Crippen LogP contribution is -2.52. The average Bonchev–Trinajstić information content (AvgIpc) is 2.68. The largest absolute Gasteiger partial charge is 0.353 e. The average molecular weight is 371 g/mol. The number of fused-ring (bicyclic) bond motifs is 1. The maximum absolute atomic E-state index is 12.8. The van der Waals surface area contributed by atoms with Gasteiger partial charge in [-0.2, -0.15) is 0 Å². The lowest BCUT2D eigenvalue weighted by atomic mass is 10.2. The number of pyridine rings is 1. The summed E-state index contributed by atoms with van der Waals surface area (Å²) < 4.78 is 1.38. The van der Waals surface area contributed by atoms with Gasteiger partial charge in [-0.1, -0.05) is 13.0 Å². The van der Waals surface area contributed by atoms with Gasteiger partial charge >= 0.3 is 0 Å². The fourth-order valence-corrected chi connectivity index (χ4v) is 3.08. The normalized spacial score (nSPS) is 16.3. The molecular formula is C19H25N5O3. The fraction of sp³-hybridized carbons (Fsp3) is 0.474. The molecule has 1 aliphatic heterocycles. The molecule has 1 atom stereocenters. The molecule has 1 fully saturated rings. The van der Waals surface area contributed by atoms with Gasteiger partial charge < -0.3 is 10.2 Å². The standard InChI is InChI=1S/C19H25N5O3/c1-3-14(2)21-17(25)13-22-8-10-23(11-9-22)18(26)15-12-20-16-6-4-5-7-24(16)19(15)27/h4-7,12,14H,3,8-11,13H2,1-2H3,(H,21,25). The van der Waals surface area contributed by atoms with Crippen molar-refractivity contribution in [3.05, 3.63) is 46.5 Å². The molecule has 2 aromatic rings. The van der Waals surface area contributed by atoms with Crippen LogP contribution in [0, 0.1) is 0 Å². The zero-order valence-electron chi connectivity index (χ0n) is 15.7. The molecule has 0 saturated carbocycles. The van der Waals surface area contributed by atoms with E-state index < -0.39 is 0 Å². The monoisotopic (exact) mass is 371 g/mol. The van der Waals surface area contributed by atoms with Gasteiger partial charge in [-0.25, -0.2) is 4.98 Å². The van der Waals surface area contributed by atoms with Crippen molar-refractivity contribution < 1.29 is 9.59 Å². The summed E-state index contributed by atoms with van der Waals surface area (Å²) in [5.41, 5.74) is 0.221. The Morgan fingerprint density at radius 2 is 1.96 bits per heavy atom. The van der Waals surface area contributed by atoms with Crippen molar-refractivity contribution in [2.75, 3.05) is 32.7 Å². The zero-order valence-corrected chi connectivity index (χ0v) is 15.7. The van der Waals surface area contributed by atoms with Crippen LogP contribution in [0.25, 0.3) is 5.65 Å². The number of carbonyl (C=O) groups is 2. The lowest BCUT2D eigenvalue weighted by Gasteiger charge is -2.34. The number of aromatic nitrogens is 2. The van der Waals surface area contributed by atoms with Crippen LogP contribution in [0.3, 0.4) is 0 Å². The number of nitrogens with zero attached hydrogens (tertiary/aromatic N) is 4. The van der Waals surface area contributed by atoms with Crippen molar-refractivity contribution in [2.24, 2.45) is 0 Å². The molecule has 8 nitrogen and oxygen atoms in total. The van der Waals surface area contributed by atoms with Crippen LogP contribution in [0.1, 0.15) is 30.6 Å². The first-order valence-electron chi connectivity index (χ1n) is 9.27. The summed E-state index contributed by atoms with van der Waals surface area (Å²) in [5, 5.41) is 2.95. The predicted octanol–water partition coefficient (Wildman–Crippen LogP) is 0.367. The third-order valence-corrected chi connectivity index (χ3v) is 4.89. The van der Waals surface area contributed by atoms with Gasteiger partial charge in [0.05, 0.1) is 6.54 Å². The van der Waals surface area contributed by atoms with E-state index in [4.69, 9.17) is 0 Å². The van der Waals surface area contributed by atoms with Crippen LogP contribution in [-0.2, 0) is 4.79 Å². The second-order valence-electron chi connectivity index (χ2n) is 6.85. The second kappa shape index (κ2) is 8.30. The van der Waals surface area contributed by atoms with Gasteiger partial charge in [0.25, 0.3) is 11.5 Å². The zero-order chi connectivity index (χ0) is 19.4. The van der Waals surface area contributed by atoms with Crippen LogP contribution in [0.2, 0.25) is 0 Å². The molecule has 1 unspecified atom stereocenters. The molecule has 144 valence electrons. The molecule has 0 aliphatic carbocycles. The Bertz CT molecular complexity index is 886. The van der Waals surface area contributed by atoms with Crippen molar-refractivity contribution >= 4 is 17.5 Å². The second-order valence-corrected chi connectivity index (χ2v) is 6.85. The van der Waals surface area contributed by atoms with Crippen LogP contribution >= 0.6 is 0 Å². The van der Waals surface area contributed by atoms with Crippen molar-refractivity contribution in [1.29, 1.82) is 0 Å². The van der Waals surface area contributed by atoms with E-state index in [2.05, 4.69) is 10.3 Å². The number of nitrogens with one attached hydrogen (secondary N) is 1. The maximum atomic E-state index is 12.8. The van der Waals surface area contributed by atoms with E-state index in [0.29, 0.717) is 38.4 Å². The third-order valence-electron chi connectivity index (χ3n) is 4.89. The molecule has 8 heteroatoms. The predicted molar refractivity (Wildman–Crippen MR) is 102 cm³/mol. The Labute approximate surface area is 157 Å². The van der Waals surface area contributed by atoms with Crippen molar-refractivity contribution in [2.45, 2.75) is 26.3 Å². The minimum Gasteiger partial charge on any atom is -0.353 e. The molecule has 0 radical (unpaired) electrons. The highest BCUT2D eigenvalue weighted by molar-refractivity contribution is 5.93. The molecule has 1 saturated heterocycles. The Morgan fingerprint density at radius 3 is 2.67 bits per heavy atom. The summed E-state index contributed by atoms with van der Waals surface area (Å²) in [6.07, 6.45) is 3.85. The van der Waals surface area contributed by atoms with E-state index in [1.54, 1.807) is 29.3 Å². The van der Waals surface area contributed by atoms with E-state index in [-0.39, 0.29) is 29.0 Å². The molecule has 0 spiro atoms. The first-order chi connectivity index (χ1) is 13.0. The van der Waals surface area contributed by atoms with Gasteiger partial charge in [0, 0.05) is 44.6 Å². The summed E-state index contributed by atoms with van der Waals surface area (Å²) in [6.45, 7) is 6.49. The number of amides is 2. The number of hydrogen-bond acceptors (Lipinski definition) is 5. The molecule has 27 heavy (non-hydrogen) atoms. The van der Waals surface area contributed by atoms with Crippen LogP contribution in [0.5, 0.6) is 0 Å². The van der Waals surface area contributed by atoms with E-state index in [0.717, 1.165) is 6.42 Å². The smallest absolute Gasteiger partial charge is 0.270 e. The highest BCUT2D eigenvalue weighted by atomic mass is 16.2. The number of carbonyl (C=O) groups excluding carboxylic acids is 2. The molecule has 1 N–H and O–H groups in total. The van der Waals surface area contributed by atoms with Gasteiger partial charge in [0.1, 0.15) is 11.2 Å². The molecule has 2 aromatic heterocycles. The Hall–Kier alpha value is -2.74. The van der Waals surface area contributed by atoms with E-state index in [1.165, 1.54) is 10.6 Å². The van der Waals surface area contributed by atoms with Gasteiger partial charge in [0.2, 0.25) is 5.91 Å². The molecule has 3 heterocycles. The topological polar surface area (TPSA) is 87.0 Å². The summed E-state index contributed by atoms with van der Waals surface area (Å²) in [4.78, 5) is 45.2. The van der Waals surface area contributed by atoms with Gasteiger partial charge in [-0.05, 0) is 25.5 Å². The van der Waals surface area contributed by atoms with Crippen LogP contribution in [-0.4, -0.2) is 69.8 Å². The van der Waals surface area contributed by atoms with Crippen LogP contribution in [0.15, 0.2) is 35.4 Å². The minimum atomic E-state index is -0.360. The van der Waals surface area contributed by atoms with E-state index in [9.17, 15) is 14.4 Å². The van der Waals surface area contributed by atoms with Gasteiger partial charge in [-0.3, -0.25) is 23.7 Å². The van der Waals surface area contributed by atoms with E-state index >= 15 is 0 Å². The van der Waals surface area contributed by atoms with Crippen molar-refractivity contribution in [1.82, 2.24) is 24.5 Å². The Balaban J connectivity index is 1.61. The highest BCUT2D eigenvalue weighted by Crippen LogP contribution is 2.07. The van der Waals surface area contributed by atoms with Crippen molar-refractivity contribution in [3.8, 4) is 0 Å². The van der Waals surface area contributed by atoms with Crippen molar-refractivity contribution in [3.63, 3.8) is 0 Å². The first-order valence-corrected chi connectivity index (χ1v) is 9.27. The summed E-state index contributed by atoms with van der Waals surface area (Å²) >= 11 is 0. The van der Waals surface area contributed by atoms with Gasteiger partial charge in [-0.15, -0.1) is 0 Å². The SMILES string of the molecule is CCC(C)NC(=O)CN1CCN(C(=O)c2cnc3ccccn3c2=O)CC1. The number of rotatable bonds is 5. The molecular weight excluding hydrogens is 346 g/mol. The molecule has 1 aliphatic rings. The van der Waals surface area contributed by atoms with Crippen LogP contribution in [0.4, 0.5) is 0 Å². The quantitative estimate of drug-likeness (QED) is 0.820. The molecule has 3 rings (SSSR count). The minimum absolute atomic E-state index is 0.00102.